The number of aromatic hydroxyl groups is 3. The molecule has 1 aliphatic rings. The van der Waals surface area contributed by atoms with Gasteiger partial charge in [-0.1, -0.05) is 0 Å². The van der Waals surface area contributed by atoms with Gasteiger partial charge in [-0.15, -0.1) is 0 Å². The van der Waals surface area contributed by atoms with E-state index in [1.807, 2.05) is 0 Å². The summed E-state index contributed by atoms with van der Waals surface area (Å²) in [4.78, 5) is 54.2. The minimum absolute atomic E-state index is 0.337. The number of aromatic carboxylic acids is 1. The quantitative estimate of drug-likeness (QED) is 0.193. The smallest absolute Gasteiger partial charge is 0.507 e. The van der Waals surface area contributed by atoms with Gasteiger partial charge in [0, 0.05) is 5.56 Å². The Balaban J connectivity index is 0.000000370. The molecular weight excluding hydrogens is 396 g/mol. The summed E-state index contributed by atoms with van der Waals surface area (Å²) in [5.41, 5.74) is -1.95. The lowest BCUT2D eigenvalue weighted by Crippen LogP contribution is -2.22. The number of ether oxygens (including phenoxy) is 1. The van der Waals surface area contributed by atoms with E-state index in [0.717, 1.165) is 24.3 Å². The molecule has 0 fully saturated rings. The third-order valence-corrected chi connectivity index (χ3v) is 3.63. The van der Waals surface area contributed by atoms with Crippen LogP contribution >= 0.6 is 0 Å². The van der Waals surface area contributed by atoms with Crippen molar-refractivity contribution in [2.75, 3.05) is 0 Å². The maximum Gasteiger partial charge on any atom is 0.516 e. The van der Waals surface area contributed by atoms with Crippen LogP contribution in [-0.4, -0.2) is 60.5 Å². The van der Waals surface area contributed by atoms with E-state index in [9.17, 15) is 39.3 Å². The van der Waals surface area contributed by atoms with Crippen molar-refractivity contribution in [3.8, 4) is 17.2 Å². The van der Waals surface area contributed by atoms with Gasteiger partial charge in [-0.3, -0.25) is 9.59 Å². The molecule has 0 bridgehead atoms. The molecule has 0 aromatic heterocycles. The number of benzene rings is 2. The van der Waals surface area contributed by atoms with E-state index in [-0.39, 0.29) is 11.1 Å². The molecule has 0 aliphatic heterocycles. The van der Waals surface area contributed by atoms with E-state index in [2.05, 4.69) is 4.74 Å². The van der Waals surface area contributed by atoms with E-state index in [0.29, 0.717) is 0 Å². The number of carbonyl (C=O) groups is 5. The van der Waals surface area contributed by atoms with Crippen LogP contribution in [0.25, 0.3) is 0 Å². The first kappa shape index (κ1) is 20.7. The average Bonchev–Trinajstić information content (AvgIpc) is 2.60. The number of rotatable bonds is 1. The number of carboxylic acids is 1. The van der Waals surface area contributed by atoms with Crippen molar-refractivity contribution < 1.29 is 59.3 Å². The minimum atomic E-state index is -1.81. The summed E-state index contributed by atoms with van der Waals surface area (Å²) in [7, 11) is 0. The monoisotopic (exact) mass is 406 g/mol. The molecule has 12 heteroatoms. The molecule has 0 atom stereocenters. The maximum absolute atomic E-state index is 12.4. The highest BCUT2D eigenvalue weighted by Gasteiger charge is 2.37. The zero-order valence-electron chi connectivity index (χ0n) is 13.9. The van der Waals surface area contributed by atoms with Crippen LogP contribution in [0.3, 0.4) is 0 Å². The van der Waals surface area contributed by atoms with Crippen molar-refractivity contribution in [1.82, 2.24) is 0 Å². The molecule has 0 unspecified atom stereocenters. The van der Waals surface area contributed by atoms with Gasteiger partial charge in [0.05, 0.1) is 22.3 Å². The highest BCUT2D eigenvalue weighted by molar-refractivity contribution is 6.31. The molecule has 6 N–H and O–H groups in total. The van der Waals surface area contributed by atoms with E-state index < -0.39 is 63.8 Å². The molecule has 3 rings (SSSR count). The normalized spacial score (nSPS) is 11.4. The van der Waals surface area contributed by atoms with Crippen LogP contribution in [0.1, 0.15) is 42.2 Å². The summed E-state index contributed by atoms with van der Waals surface area (Å²) >= 11 is 0. The molecule has 0 heterocycles. The van der Waals surface area contributed by atoms with Gasteiger partial charge >= 0.3 is 18.3 Å². The molecule has 2 aromatic rings. The summed E-state index contributed by atoms with van der Waals surface area (Å²) in [6, 6.07) is 3.89. The van der Waals surface area contributed by atoms with Crippen LogP contribution in [0, 0.1) is 0 Å². The van der Waals surface area contributed by atoms with Crippen molar-refractivity contribution >= 4 is 29.8 Å². The summed E-state index contributed by atoms with van der Waals surface area (Å²) < 4.78 is 3.08. The molecule has 1 aliphatic carbocycles. The van der Waals surface area contributed by atoms with Gasteiger partial charge in [-0.05, 0) is 24.3 Å². The summed E-state index contributed by atoms with van der Waals surface area (Å²) in [5, 5.41) is 53.3. The summed E-state index contributed by atoms with van der Waals surface area (Å²) in [5.74, 6) is -4.81. The van der Waals surface area contributed by atoms with Gasteiger partial charge in [-0.2, -0.15) is 0 Å². The second-order valence-electron chi connectivity index (χ2n) is 5.37. The fourth-order valence-corrected chi connectivity index (χ4v) is 2.54. The van der Waals surface area contributed by atoms with Crippen LogP contribution in [0.15, 0.2) is 24.3 Å². The van der Waals surface area contributed by atoms with Gasteiger partial charge in [-0.25, -0.2) is 14.4 Å². The zero-order valence-corrected chi connectivity index (χ0v) is 13.9. The Labute approximate surface area is 159 Å². The van der Waals surface area contributed by atoms with Gasteiger partial charge in [0.2, 0.25) is 5.78 Å². The van der Waals surface area contributed by atoms with Crippen molar-refractivity contribution in [2.45, 2.75) is 0 Å². The van der Waals surface area contributed by atoms with Crippen LogP contribution < -0.4 is 0 Å². The molecule has 0 radical (unpaired) electrons. The second-order valence-corrected chi connectivity index (χ2v) is 5.37. The predicted octanol–water partition coefficient (Wildman–Crippen LogP) is 1.64. The topological polar surface area (TPSA) is 216 Å². The highest BCUT2D eigenvalue weighted by Crippen LogP contribution is 2.40. The number of carboxylic acid groups (broad SMARTS) is 3. The Bertz CT molecular complexity index is 1070. The molecule has 0 spiro atoms. The Morgan fingerprint density at radius 2 is 1.17 bits per heavy atom. The number of phenols is 3. The molecule has 0 saturated carbocycles. The van der Waals surface area contributed by atoms with Gasteiger partial charge in [0.25, 0.3) is 0 Å². The zero-order chi connectivity index (χ0) is 22.0. The number of hydrogen-bond donors (Lipinski definition) is 6. The fourth-order valence-electron chi connectivity index (χ4n) is 2.54. The van der Waals surface area contributed by atoms with E-state index in [1.165, 1.54) is 0 Å². The number of ketones is 2. The fraction of sp³-hybridized carbons (Fsp3) is 0. The van der Waals surface area contributed by atoms with Gasteiger partial charge in [0.15, 0.2) is 5.78 Å². The molecule has 29 heavy (non-hydrogen) atoms. The maximum atomic E-state index is 12.4. The number of phenolic OH excluding ortho intramolecular Hbond substituents is 3. The third kappa shape index (κ3) is 3.90. The average molecular weight is 406 g/mol. The third-order valence-electron chi connectivity index (χ3n) is 3.63. The Morgan fingerprint density at radius 1 is 0.690 bits per heavy atom. The SMILES string of the molecule is O=C(O)OC(=O)O.O=C(O)c1cc(O)c2c(c1)C(=O)c1c(O)ccc(O)c1C2=O. The predicted molar refractivity (Wildman–Crippen MR) is 88.8 cm³/mol. The first-order valence-electron chi connectivity index (χ1n) is 7.34. The first-order chi connectivity index (χ1) is 13.5. The largest absolute Gasteiger partial charge is 0.516 e. The Hall–Kier alpha value is -4.61. The van der Waals surface area contributed by atoms with Crippen LogP contribution in [-0.2, 0) is 4.74 Å². The molecule has 2 aromatic carbocycles. The van der Waals surface area contributed by atoms with Crippen molar-refractivity contribution in [1.29, 1.82) is 0 Å². The molecule has 150 valence electrons. The lowest BCUT2D eigenvalue weighted by molar-refractivity contribution is 0.0693. The highest BCUT2D eigenvalue weighted by atomic mass is 16.7. The number of hydrogen-bond acceptors (Lipinski definition) is 9. The van der Waals surface area contributed by atoms with Gasteiger partial charge < -0.3 is 35.4 Å². The minimum Gasteiger partial charge on any atom is -0.507 e. The van der Waals surface area contributed by atoms with Gasteiger partial charge in [0.1, 0.15) is 17.2 Å². The summed E-state index contributed by atoms with van der Waals surface area (Å²) in [6.07, 6.45) is -3.62. The van der Waals surface area contributed by atoms with E-state index in [1.54, 1.807) is 0 Å². The lowest BCUT2D eigenvalue weighted by atomic mass is 9.82. The Kier molecular flexibility index (Phi) is 5.39. The molecule has 0 saturated heterocycles. The standard InChI is InChI=1S/C15H8O7.C2H2O5/c16-7-1-2-8(17)12-11(7)13(19)6-3-5(15(21)22)4-9(18)10(6)14(12)20;3-1(4)7-2(5)6/h1-4,16-18H,(H,21,22);(H,3,4)(H,5,6). The number of carbonyl (C=O) groups excluding carboxylic acids is 2. The molecule has 12 nitrogen and oxygen atoms in total. The lowest BCUT2D eigenvalue weighted by Gasteiger charge is -2.20. The Morgan fingerprint density at radius 3 is 1.59 bits per heavy atom. The molecular formula is C17H10O12. The van der Waals surface area contributed by atoms with Crippen molar-refractivity contribution in [2.24, 2.45) is 0 Å². The van der Waals surface area contributed by atoms with E-state index >= 15 is 0 Å². The second kappa shape index (κ2) is 7.56. The van der Waals surface area contributed by atoms with Crippen molar-refractivity contribution in [3.63, 3.8) is 0 Å². The van der Waals surface area contributed by atoms with Crippen LogP contribution in [0.5, 0.6) is 17.2 Å². The van der Waals surface area contributed by atoms with Crippen molar-refractivity contribution in [3.05, 3.63) is 52.1 Å². The van der Waals surface area contributed by atoms with Crippen LogP contribution in [0.2, 0.25) is 0 Å². The summed E-state index contributed by atoms with van der Waals surface area (Å²) in [6.45, 7) is 0. The van der Waals surface area contributed by atoms with E-state index in [4.69, 9.17) is 15.3 Å². The van der Waals surface area contributed by atoms with Crippen LogP contribution in [0.4, 0.5) is 9.59 Å². The number of fused-ring (bicyclic) bond motifs is 2. The first-order valence-corrected chi connectivity index (χ1v) is 7.34. The molecule has 0 amide bonds.